The van der Waals surface area contributed by atoms with E-state index < -0.39 is 0 Å². The Kier molecular flexibility index (Phi) is 6.17. The van der Waals surface area contributed by atoms with E-state index >= 15 is 0 Å². The maximum Gasteiger partial charge on any atom is 0.125 e. The second kappa shape index (κ2) is 8.95. The van der Waals surface area contributed by atoms with Crippen LogP contribution in [0.2, 0.25) is 0 Å². The second-order valence-electron chi connectivity index (χ2n) is 7.64. The van der Waals surface area contributed by atoms with Crippen molar-refractivity contribution in [2.45, 2.75) is 38.3 Å². The Labute approximate surface area is 160 Å². The average Bonchev–Trinajstić information content (AvgIpc) is 3.17. The van der Waals surface area contributed by atoms with Crippen molar-refractivity contribution in [1.29, 1.82) is 0 Å². The quantitative estimate of drug-likeness (QED) is 0.780. The number of aromatic nitrogens is 2. The summed E-state index contributed by atoms with van der Waals surface area (Å²) in [5.74, 6) is -0.233. The van der Waals surface area contributed by atoms with Gasteiger partial charge in [0, 0.05) is 37.4 Å². The number of ether oxygens (including phenoxy) is 1. The molecular weight excluding hydrogens is 343 g/mol. The minimum absolute atomic E-state index is 0.233. The van der Waals surface area contributed by atoms with Gasteiger partial charge in [-0.3, -0.25) is 9.80 Å². The molecule has 0 aliphatic carbocycles. The Morgan fingerprint density at radius 3 is 2.89 bits per heavy atom. The van der Waals surface area contributed by atoms with Crippen molar-refractivity contribution in [3.05, 3.63) is 48.0 Å². The molecule has 4 rings (SSSR count). The molecule has 0 amide bonds. The van der Waals surface area contributed by atoms with Crippen LogP contribution in [-0.2, 0) is 11.3 Å². The van der Waals surface area contributed by atoms with E-state index in [1.807, 2.05) is 18.5 Å². The van der Waals surface area contributed by atoms with E-state index in [4.69, 9.17) is 4.74 Å². The third-order valence-electron chi connectivity index (χ3n) is 5.73. The Balaban J connectivity index is 1.36. The summed E-state index contributed by atoms with van der Waals surface area (Å²) in [7, 11) is 0. The fourth-order valence-corrected chi connectivity index (χ4v) is 4.19. The molecule has 0 saturated carbocycles. The number of benzene rings is 1. The highest BCUT2D eigenvalue weighted by Gasteiger charge is 2.24. The van der Waals surface area contributed by atoms with Crippen molar-refractivity contribution in [2.75, 3.05) is 39.4 Å². The first-order valence-corrected chi connectivity index (χ1v) is 10.1. The van der Waals surface area contributed by atoms with Gasteiger partial charge in [-0.2, -0.15) is 5.10 Å². The van der Waals surface area contributed by atoms with Crippen LogP contribution in [0, 0.1) is 5.82 Å². The minimum Gasteiger partial charge on any atom is -0.379 e. The van der Waals surface area contributed by atoms with Crippen LogP contribution in [-0.4, -0.2) is 65.0 Å². The SMILES string of the molecule is Fc1cccc(-n2cc(CN3CCCCC3CCN3CCOCC3)cn2)c1. The molecule has 2 saturated heterocycles. The molecule has 2 aromatic rings. The van der Waals surface area contributed by atoms with Gasteiger partial charge >= 0.3 is 0 Å². The van der Waals surface area contributed by atoms with Gasteiger partial charge in [-0.1, -0.05) is 12.5 Å². The lowest BCUT2D eigenvalue weighted by molar-refractivity contribution is 0.0302. The summed E-state index contributed by atoms with van der Waals surface area (Å²) in [4.78, 5) is 5.13. The molecule has 5 nitrogen and oxygen atoms in total. The van der Waals surface area contributed by atoms with Gasteiger partial charge in [0.1, 0.15) is 5.82 Å². The molecule has 1 unspecified atom stereocenters. The number of hydrogen-bond donors (Lipinski definition) is 0. The monoisotopic (exact) mass is 372 g/mol. The lowest BCUT2D eigenvalue weighted by Gasteiger charge is -2.37. The number of morpholine rings is 1. The minimum atomic E-state index is -0.233. The predicted molar refractivity (Wildman–Crippen MR) is 103 cm³/mol. The number of halogens is 1. The lowest BCUT2D eigenvalue weighted by Crippen LogP contribution is -2.43. The highest BCUT2D eigenvalue weighted by Crippen LogP contribution is 2.23. The van der Waals surface area contributed by atoms with Crippen LogP contribution in [0.3, 0.4) is 0 Å². The van der Waals surface area contributed by atoms with Gasteiger partial charge in [0.05, 0.1) is 25.1 Å². The summed E-state index contributed by atoms with van der Waals surface area (Å²) < 4.78 is 20.7. The highest BCUT2D eigenvalue weighted by molar-refractivity contribution is 5.31. The summed E-state index contributed by atoms with van der Waals surface area (Å²) >= 11 is 0. The molecule has 2 aliphatic rings. The largest absolute Gasteiger partial charge is 0.379 e. The molecule has 27 heavy (non-hydrogen) atoms. The number of rotatable bonds is 6. The average molecular weight is 372 g/mol. The van der Waals surface area contributed by atoms with Crippen molar-refractivity contribution < 1.29 is 9.13 Å². The summed E-state index contributed by atoms with van der Waals surface area (Å²) in [6.45, 7) is 7.09. The van der Waals surface area contributed by atoms with E-state index in [1.165, 1.54) is 43.4 Å². The second-order valence-corrected chi connectivity index (χ2v) is 7.64. The van der Waals surface area contributed by atoms with E-state index in [0.29, 0.717) is 6.04 Å². The highest BCUT2D eigenvalue weighted by atomic mass is 19.1. The summed E-state index contributed by atoms with van der Waals surface area (Å²) in [5, 5.41) is 4.44. The van der Waals surface area contributed by atoms with Crippen LogP contribution in [0.5, 0.6) is 0 Å². The molecule has 0 spiro atoms. The van der Waals surface area contributed by atoms with Crippen LogP contribution in [0.15, 0.2) is 36.7 Å². The molecule has 3 heterocycles. The smallest absolute Gasteiger partial charge is 0.125 e. The first-order chi connectivity index (χ1) is 13.3. The molecule has 2 aliphatic heterocycles. The van der Waals surface area contributed by atoms with E-state index in [2.05, 4.69) is 14.9 Å². The molecule has 1 atom stereocenters. The van der Waals surface area contributed by atoms with Crippen molar-refractivity contribution in [2.24, 2.45) is 0 Å². The van der Waals surface area contributed by atoms with Crippen LogP contribution in [0.1, 0.15) is 31.2 Å². The molecule has 0 radical (unpaired) electrons. The standard InChI is InChI=1S/C21H29FN4O/c22-19-4-3-6-21(14-19)26-17-18(15-23-26)16-25-8-2-1-5-20(25)7-9-24-10-12-27-13-11-24/h3-4,6,14-15,17,20H,1-2,5,7-13,16H2. The lowest BCUT2D eigenvalue weighted by atomic mass is 9.98. The van der Waals surface area contributed by atoms with Crippen molar-refractivity contribution in [3.8, 4) is 5.69 Å². The Bertz CT molecular complexity index is 728. The molecule has 1 aromatic heterocycles. The van der Waals surface area contributed by atoms with Gasteiger partial charge in [0.15, 0.2) is 0 Å². The van der Waals surface area contributed by atoms with Crippen molar-refractivity contribution in [1.82, 2.24) is 19.6 Å². The molecule has 146 valence electrons. The summed E-state index contributed by atoms with van der Waals surface area (Å²) in [6.07, 6.45) is 9.04. The van der Waals surface area contributed by atoms with Gasteiger partial charge < -0.3 is 4.74 Å². The zero-order valence-electron chi connectivity index (χ0n) is 15.9. The van der Waals surface area contributed by atoms with Gasteiger partial charge in [-0.15, -0.1) is 0 Å². The van der Waals surface area contributed by atoms with Crippen LogP contribution in [0.4, 0.5) is 4.39 Å². The summed E-state index contributed by atoms with van der Waals surface area (Å²) in [6, 6.07) is 7.22. The fraction of sp³-hybridized carbons (Fsp3) is 0.571. The molecule has 2 fully saturated rings. The molecule has 0 N–H and O–H groups in total. The Morgan fingerprint density at radius 1 is 1.15 bits per heavy atom. The Morgan fingerprint density at radius 2 is 2.04 bits per heavy atom. The van der Waals surface area contributed by atoms with Crippen LogP contribution < -0.4 is 0 Å². The van der Waals surface area contributed by atoms with Gasteiger partial charge in [-0.25, -0.2) is 9.07 Å². The number of likely N-dealkylation sites (tertiary alicyclic amines) is 1. The summed E-state index contributed by atoms with van der Waals surface area (Å²) in [5.41, 5.74) is 1.96. The third kappa shape index (κ3) is 4.94. The normalized spacial score (nSPS) is 22.2. The zero-order chi connectivity index (χ0) is 18.5. The first-order valence-electron chi connectivity index (χ1n) is 10.1. The van der Waals surface area contributed by atoms with E-state index in [1.54, 1.807) is 10.7 Å². The predicted octanol–water partition coefficient (Wildman–Crippen LogP) is 3.09. The first kappa shape index (κ1) is 18.6. The topological polar surface area (TPSA) is 33.5 Å². The van der Waals surface area contributed by atoms with Gasteiger partial charge in [0.2, 0.25) is 0 Å². The fourth-order valence-electron chi connectivity index (χ4n) is 4.19. The molecular formula is C21H29FN4O. The van der Waals surface area contributed by atoms with Crippen molar-refractivity contribution >= 4 is 0 Å². The van der Waals surface area contributed by atoms with Crippen molar-refractivity contribution in [3.63, 3.8) is 0 Å². The molecule has 6 heteroatoms. The number of hydrogen-bond acceptors (Lipinski definition) is 4. The zero-order valence-corrected chi connectivity index (χ0v) is 15.9. The third-order valence-corrected chi connectivity index (χ3v) is 5.73. The van der Waals surface area contributed by atoms with Crippen LogP contribution >= 0.6 is 0 Å². The van der Waals surface area contributed by atoms with E-state index in [9.17, 15) is 4.39 Å². The maximum absolute atomic E-state index is 13.5. The molecule has 0 bridgehead atoms. The van der Waals surface area contributed by atoms with Gasteiger partial charge in [0.25, 0.3) is 0 Å². The van der Waals surface area contributed by atoms with Gasteiger partial charge in [-0.05, 0) is 50.6 Å². The Hall–Kier alpha value is -1.76. The maximum atomic E-state index is 13.5. The van der Waals surface area contributed by atoms with E-state index in [0.717, 1.165) is 51.6 Å². The van der Waals surface area contributed by atoms with Crippen LogP contribution in [0.25, 0.3) is 5.69 Å². The number of piperidine rings is 1. The van der Waals surface area contributed by atoms with E-state index in [-0.39, 0.29) is 5.82 Å². The molecule has 1 aromatic carbocycles. The number of nitrogens with zero attached hydrogens (tertiary/aromatic N) is 4.